The van der Waals surface area contributed by atoms with Crippen LogP contribution in [-0.4, -0.2) is 68.2 Å². The number of nitro benzene ring substituents is 1. The van der Waals surface area contributed by atoms with E-state index in [-0.39, 0.29) is 29.5 Å². The highest BCUT2D eigenvalue weighted by Crippen LogP contribution is 2.20. The molecule has 1 heterocycles. The fourth-order valence-corrected chi connectivity index (χ4v) is 4.71. The van der Waals surface area contributed by atoms with Crippen molar-refractivity contribution in [2.75, 3.05) is 44.7 Å². The summed E-state index contributed by atoms with van der Waals surface area (Å²) in [6, 6.07) is 14.9. The predicted octanol–water partition coefficient (Wildman–Crippen LogP) is 2.34. The second-order valence-electron chi connectivity index (χ2n) is 7.38. The van der Waals surface area contributed by atoms with Gasteiger partial charge in [-0.3, -0.25) is 14.9 Å². The molecule has 1 aliphatic rings. The van der Waals surface area contributed by atoms with E-state index in [0.29, 0.717) is 19.5 Å². The van der Waals surface area contributed by atoms with Gasteiger partial charge in [0.2, 0.25) is 15.9 Å². The first-order chi connectivity index (χ1) is 14.8. The number of piperazine rings is 1. The third-order valence-corrected chi connectivity index (χ3v) is 7.24. The number of amides is 1. The highest BCUT2D eigenvalue weighted by atomic mass is 32.2. The van der Waals surface area contributed by atoms with Gasteiger partial charge in [0.05, 0.1) is 9.82 Å². The second-order valence-corrected chi connectivity index (χ2v) is 9.43. The molecule has 0 aromatic heterocycles. The lowest BCUT2D eigenvalue weighted by atomic mass is 10.2. The topological polar surface area (TPSA) is 104 Å². The molecule has 10 heteroatoms. The fourth-order valence-electron chi connectivity index (χ4n) is 3.50. The van der Waals surface area contributed by atoms with Crippen molar-refractivity contribution in [2.45, 2.75) is 17.7 Å². The number of anilines is 1. The molecule has 31 heavy (non-hydrogen) atoms. The summed E-state index contributed by atoms with van der Waals surface area (Å²) < 4.78 is 26.4. The van der Waals surface area contributed by atoms with Crippen LogP contribution in [0, 0.1) is 10.1 Å². The van der Waals surface area contributed by atoms with Crippen LogP contribution < -0.4 is 4.90 Å². The van der Waals surface area contributed by atoms with E-state index in [1.165, 1.54) is 35.6 Å². The molecule has 1 amide bonds. The van der Waals surface area contributed by atoms with E-state index in [1.807, 2.05) is 23.1 Å². The van der Waals surface area contributed by atoms with E-state index in [4.69, 9.17) is 0 Å². The molecule has 3 rings (SSSR count). The lowest BCUT2D eigenvalue weighted by molar-refractivity contribution is -0.384. The smallest absolute Gasteiger partial charge is 0.269 e. The summed E-state index contributed by atoms with van der Waals surface area (Å²) in [6.45, 7) is 3.01. The van der Waals surface area contributed by atoms with Crippen LogP contribution in [0.1, 0.15) is 12.8 Å². The van der Waals surface area contributed by atoms with Crippen molar-refractivity contribution in [1.82, 2.24) is 9.21 Å². The molecular weight excluding hydrogens is 420 g/mol. The van der Waals surface area contributed by atoms with E-state index in [0.717, 1.165) is 18.8 Å². The van der Waals surface area contributed by atoms with E-state index in [1.54, 1.807) is 0 Å². The van der Waals surface area contributed by atoms with Crippen LogP contribution in [0.2, 0.25) is 0 Å². The molecule has 0 unspecified atom stereocenters. The Labute approximate surface area is 182 Å². The van der Waals surface area contributed by atoms with Crippen molar-refractivity contribution in [1.29, 1.82) is 0 Å². The van der Waals surface area contributed by atoms with Gasteiger partial charge in [0, 0.05) is 64.0 Å². The molecule has 2 aromatic rings. The van der Waals surface area contributed by atoms with Crippen molar-refractivity contribution in [3.63, 3.8) is 0 Å². The van der Waals surface area contributed by atoms with Crippen LogP contribution in [0.15, 0.2) is 59.5 Å². The quantitative estimate of drug-likeness (QED) is 0.455. The maximum atomic E-state index is 12.6. The monoisotopic (exact) mass is 446 g/mol. The maximum Gasteiger partial charge on any atom is 0.269 e. The van der Waals surface area contributed by atoms with Crippen LogP contribution in [0.4, 0.5) is 11.4 Å². The molecule has 0 radical (unpaired) electrons. The van der Waals surface area contributed by atoms with Gasteiger partial charge in [-0.1, -0.05) is 18.2 Å². The van der Waals surface area contributed by atoms with Gasteiger partial charge in [-0.2, -0.15) is 0 Å². The van der Waals surface area contributed by atoms with Crippen molar-refractivity contribution in [3.8, 4) is 0 Å². The number of carbonyl (C=O) groups excluding carboxylic acids is 1. The van der Waals surface area contributed by atoms with Crippen LogP contribution in [0.25, 0.3) is 0 Å². The minimum atomic E-state index is -3.76. The molecule has 0 N–H and O–H groups in total. The largest absolute Gasteiger partial charge is 0.368 e. The van der Waals surface area contributed by atoms with Gasteiger partial charge >= 0.3 is 0 Å². The van der Waals surface area contributed by atoms with E-state index in [9.17, 15) is 23.3 Å². The number of nitro groups is 1. The number of benzene rings is 2. The fraction of sp³-hybridized carbons (Fsp3) is 0.381. The third kappa shape index (κ3) is 5.59. The van der Waals surface area contributed by atoms with E-state index >= 15 is 0 Å². The lowest BCUT2D eigenvalue weighted by Crippen LogP contribution is -2.48. The summed E-state index contributed by atoms with van der Waals surface area (Å²) in [5, 5.41) is 10.7. The van der Waals surface area contributed by atoms with Crippen molar-refractivity contribution < 1.29 is 18.1 Å². The number of carbonyl (C=O) groups is 1. The molecule has 166 valence electrons. The van der Waals surface area contributed by atoms with E-state index in [2.05, 4.69) is 17.0 Å². The highest BCUT2D eigenvalue weighted by molar-refractivity contribution is 7.89. The molecule has 9 nitrogen and oxygen atoms in total. The molecule has 0 atom stereocenters. The first-order valence-corrected chi connectivity index (χ1v) is 11.5. The first-order valence-electron chi connectivity index (χ1n) is 10.1. The summed E-state index contributed by atoms with van der Waals surface area (Å²) in [6.07, 6.45) is 0.673. The summed E-state index contributed by atoms with van der Waals surface area (Å²) in [5.41, 5.74) is 0.979. The summed E-state index contributed by atoms with van der Waals surface area (Å²) in [5.74, 6) is 0.0221. The number of hydrogen-bond donors (Lipinski definition) is 0. The Morgan fingerprint density at radius 3 is 2.23 bits per heavy atom. The Morgan fingerprint density at radius 2 is 1.65 bits per heavy atom. The van der Waals surface area contributed by atoms with Crippen LogP contribution >= 0.6 is 0 Å². The summed E-state index contributed by atoms with van der Waals surface area (Å²) in [7, 11) is -2.32. The molecule has 1 fully saturated rings. The SMILES string of the molecule is CN(CCCC(=O)N1CCN(c2ccccc2)CC1)S(=O)(=O)c1ccc([N+](=O)[O-])cc1. The van der Waals surface area contributed by atoms with E-state index < -0.39 is 14.9 Å². The average Bonchev–Trinajstić information content (AvgIpc) is 2.79. The number of rotatable bonds is 8. The molecule has 0 saturated carbocycles. The van der Waals surface area contributed by atoms with Crippen LogP contribution in [-0.2, 0) is 14.8 Å². The number of sulfonamides is 1. The zero-order valence-corrected chi connectivity index (χ0v) is 18.2. The zero-order valence-electron chi connectivity index (χ0n) is 17.4. The Morgan fingerprint density at radius 1 is 1.03 bits per heavy atom. The normalized spacial score (nSPS) is 14.6. The summed E-state index contributed by atoms with van der Waals surface area (Å²) in [4.78, 5) is 26.7. The van der Waals surface area contributed by atoms with Gasteiger partial charge in [0.25, 0.3) is 5.69 Å². The van der Waals surface area contributed by atoms with Gasteiger partial charge in [-0.25, -0.2) is 12.7 Å². The van der Waals surface area contributed by atoms with Gasteiger partial charge in [0.15, 0.2) is 0 Å². The third-order valence-electron chi connectivity index (χ3n) is 5.37. The summed E-state index contributed by atoms with van der Waals surface area (Å²) >= 11 is 0. The Hall–Kier alpha value is -2.98. The van der Waals surface area contributed by atoms with Crippen LogP contribution in [0.3, 0.4) is 0 Å². The molecular formula is C21H26N4O5S. The lowest BCUT2D eigenvalue weighted by Gasteiger charge is -2.36. The molecule has 1 aliphatic heterocycles. The highest BCUT2D eigenvalue weighted by Gasteiger charge is 2.24. The molecule has 0 spiro atoms. The minimum Gasteiger partial charge on any atom is -0.368 e. The van der Waals surface area contributed by atoms with Gasteiger partial charge in [-0.15, -0.1) is 0 Å². The Balaban J connectivity index is 1.46. The number of nitrogens with zero attached hydrogens (tertiary/aromatic N) is 4. The number of non-ortho nitro benzene ring substituents is 1. The van der Waals surface area contributed by atoms with Gasteiger partial charge in [0.1, 0.15) is 0 Å². The van der Waals surface area contributed by atoms with Crippen molar-refractivity contribution in [2.24, 2.45) is 0 Å². The van der Waals surface area contributed by atoms with Gasteiger partial charge < -0.3 is 9.80 Å². The van der Waals surface area contributed by atoms with Crippen molar-refractivity contribution >= 4 is 27.3 Å². The number of para-hydroxylation sites is 1. The Kier molecular flexibility index (Phi) is 7.24. The molecule has 0 bridgehead atoms. The Bertz CT molecular complexity index is 1000. The minimum absolute atomic E-state index is 0.0102. The standard InChI is InChI=1S/C21H26N4O5S/c1-22(31(29,30)20-11-9-19(10-12-20)25(27)28)13-5-8-21(26)24-16-14-23(15-17-24)18-6-3-2-4-7-18/h2-4,6-7,9-12H,5,8,13-17H2,1H3. The molecule has 0 aliphatic carbocycles. The van der Waals surface area contributed by atoms with Crippen LogP contribution in [0.5, 0.6) is 0 Å². The maximum absolute atomic E-state index is 12.6. The average molecular weight is 447 g/mol. The van der Waals surface area contributed by atoms with Gasteiger partial charge in [-0.05, 0) is 30.7 Å². The first kappa shape index (κ1) is 22.7. The number of hydrogen-bond acceptors (Lipinski definition) is 6. The van der Waals surface area contributed by atoms with Crippen molar-refractivity contribution in [3.05, 3.63) is 64.7 Å². The second kappa shape index (κ2) is 9.88. The molecule has 1 saturated heterocycles. The predicted molar refractivity (Wildman–Crippen MR) is 117 cm³/mol. The zero-order chi connectivity index (χ0) is 22.4. The molecule has 2 aromatic carbocycles.